The molecular formula is C24H20N4OS2. The van der Waals surface area contributed by atoms with Crippen LogP contribution in [-0.2, 0) is 6.42 Å². The van der Waals surface area contributed by atoms with Gasteiger partial charge in [0.2, 0.25) is 0 Å². The molecule has 0 fully saturated rings. The van der Waals surface area contributed by atoms with Gasteiger partial charge < -0.3 is 4.31 Å². The molecule has 0 saturated carbocycles. The molecule has 31 heavy (non-hydrogen) atoms. The Hall–Kier alpha value is -3.16. The van der Waals surface area contributed by atoms with Gasteiger partial charge in [-0.3, -0.25) is 15.1 Å². The highest BCUT2D eigenvalue weighted by atomic mass is 32.2. The van der Waals surface area contributed by atoms with Crippen LogP contribution in [0.15, 0.2) is 83.2 Å². The molecule has 5 nitrogen and oxygen atoms in total. The maximum Gasteiger partial charge on any atom is 0.257 e. The van der Waals surface area contributed by atoms with E-state index in [1.807, 2.05) is 47.8 Å². The summed E-state index contributed by atoms with van der Waals surface area (Å²) in [4.78, 5) is 22.5. The highest BCUT2D eigenvalue weighted by molar-refractivity contribution is 8.00. The summed E-state index contributed by atoms with van der Waals surface area (Å²) in [5, 5.41) is 5.35. The predicted molar refractivity (Wildman–Crippen MR) is 128 cm³/mol. The van der Waals surface area contributed by atoms with Crippen molar-refractivity contribution in [3.8, 4) is 11.4 Å². The van der Waals surface area contributed by atoms with Gasteiger partial charge in [0, 0.05) is 28.6 Å². The molecule has 0 radical (unpaired) electrons. The number of benzene rings is 2. The second-order valence-corrected chi connectivity index (χ2v) is 9.11. The molecular weight excluding hydrogens is 424 g/mol. The van der Waals surface area contributed by atoms with E-state index in [0.29, 0.717) is 10.7 Å². The van der Waals surface area contributed by atoms with E-state index in [1.54, 1.807) is 18.1 Å². The van der Waals surface area contributed by atoms with Gasteiger partial charge in [-0.05, 0) is 72.8 Å². The summed E-state index contributed by atoms with van der Waals surface area (Å²) in [6.07, 6.45) is 4.01. The van der Waals surface area contributed by atoms with Crippen molar-refractivity contribution in [1.82, 2.24) is 9.97 Å². The number of rotatable bonds is 5. The van der Waals surface area contributed by atoms with Crippen LogP contribution >= 0.6 is 23.3 Å². The summed E-state index contributed by atoms with van der Waals surface area (Å²) in [5.74, 6) is -0.165. The molecule has 3 heterocycles. The largest absolute Gasteiger partial charge is 0.312 e. The number of hydrogen-bond donors (Lipinski definition) is 1. The summed E-state index contributed by atoms with van der Waals surface area (Å²) >= 11 is 3.11. The molecule has 0 bridgehead atoms. The monoisotopic (exact) mass is 444 g/mol. The maximum atomic E-state index is 12.6. The van der Waals surface area contributed by atoms with Crippen molar-refractivity contribution >= 4 is 40.0 Å². The van der Waals surface area contributed by atoms with E-state index in [2.05, 4.69) is 43.9 Å². The lowest BCUT2D eigenvalue weighted by Gasteiger charge is -2.29. The molecule has 154 valence electrons. The third-order valence-electron chi connectivity index (χ3n) is 5.05. The molecule has 0 aliphatic carbocycles. The SMILES string of the molecule is O=C(Nc1nc(-c2ccccn2)cs1)c1ccc(SN2CCCc3ccccc32)cc1. The minimum Gasteiger partial charge on any atom is -0.312 e. The second kappa shape index (κ2) is 8.91. The number of nitrogens with zero attached hydrogens (tertiary/aromatic N) is 3. The average molecular weight is 445 g/mol. The van der Waals surface area contributed by atoms with Crippen molar-refractivity contribution in [2.24, 2.45) is 0 Å². The molecule has 1 N–H and O–H groups in total. The minimum atomic E-state index is -0.165. The molecule has 0 saturated heterocycles. The lowest BCUT2D eigenvalue weighted by molar-refractivity contribution is 0.102. The Morgan fingerprint density at radius 2 is 1.84 bits per heavy atom. The average Bonchev–Trinajstić information content (AvgIpc) is 3.29. The summed E-state index contributed by atoms with van der Waals surface area (Å²) < 4.78 is 2.34. The number of amides is 1. The van der Waals surface area contributed by atoms with E-state index < -0.39 is 0 Å². The van der Waals surface area contributed by atoms with E-state index in [1.165, 1.54) is 22.6 Å². The number of nitrogens with one attached hydrogen (secondary N) is 1. The maximum absolute atomic E-state index is 12.6. The molecule has 0 atom stereocenters. The fourth-order valence-electron chi connectivity index (χ4n) is 3.52. The van der Waals surface area contributed by atoms with Gasteiger partial charge in [0.15, 0.2) is 5.13 Å². The van der Waals surface area contributed by atoms with Crippen LogP contribution in [0.25, 0.3) is 11.4 Å². The van der Waals surface area contributed by atoms with E-state index in [0.717, 1.165) is 35.7 Å². The molecule has 7 heteroatoms. The lowest BCUT2D eigenvalue weighted by Crippen LogP contribution is -2.22. The van der Waals surface area contributed by atoms with Crippen LogP contribution in [0.3, 0.4) is 0 Å². The van der Waals surface area contributed by atoms with Crippen LogP contribution in [-0.4, -0.2) is 22.4 Å². The number of thiazole rings is 1. The quantitative estimate of drug-likeness (QED) is 0.387. The van der Waals surface area contributed by atoms with Crippen LogP contribution in [0.5, 0.6) is 0 Å². The zero-order chi connectivity index (χ0) is 21.0. The number of carbonyl (C=O) groups excluding carboxylic acids is 1. The molecule has 0 spiro atoms. The number of hydrogen-bond acceptors (Lipinski definition) is 6. The van der Waals surface area contributed by atoms with Crippen molar-refractivity contribution < 1.29 is 4.79 Å². The second-order valence-electron chi connectivity index (χ2n) is 7.16. The van der Waals surface area contributed by atoms with Gasteiger partial charge >= 0.3 is 0 Å². The van der Waals surface area contributed by atoms with Crippen molar-refractivity contribution in [3.05, 3.63) is 89.4 Å². The van der Waals surface area contributed by atoms with Gasteiger partial charge in [-0.15, -0.1) is 11.3 Å². The minimum absolute atomic E-state index is 0.165. The number of fused-ring (bicyclic) bond motifs is 1. The van der Waals surface area contributed by atoms with Crippen LogP contribution in [0.1, 0.15) is 22.3 Å². The first-order chi connectivity index (χ1) is 15.3. The van der Waals surface area contributed by atoms with Gasteiger partial charge in [-0.2, -0.15) is 0 Å². The number of para-hydroxylation sites is 1. The number of anilines is 2. The Morgan fingerprint density at radius 3 is 2.68 bits per heavy atom. The fraction of sp³-hybridized carbons (Fsp3) is 0.125. The Bertz CT molecular complexity index is 1190. The molecule has 1 aliphatic heterocycles. The van der Waals surface area contributed by atoms with Crippen LogP contribution < -0.4 is 9.62 Å². The summed E-state index contributed by atoms with van der Waals surface area (Å²) in [7, 11) is 0. The third-order valence-corrected chi connectivity index (χ3v) is 6.89. The normalized spacial score (nSPS) is 13.0. The summed E-state index contributed by atoms with van der Waals surface area (Å²) in [5.41, 5.74) is 4.84. The zero-order valence-electron chi connectivity index (χ0n) is 16.7. The molecule has 4 aromatic rings. The van der Waals surface area contributed by atoms with E-state index in [-0.39, 0.29) is 5.91 Å². The number of carbonyl (C=O) groups is 1. The number of pyridine rings is 1. The first-order valence-electron chi connectivity index (χ1n) is 10.1. The molecule has 5 rings (SSSR count). The summed E-state index contributed by atoms with van der Waals surface area (Å²) in [6, 6.07) is 22.0. The van der Waals surface area contributed by atoms with Crippen LogP contribution in [0.2, 0.25) is 0 Å². The summed E-state index contributed by atoms with van der Waals surface area (Å²) in [6.45, 7) is 1.02. The molecule has 1 aliphatic rings. The Labute approximate surface area is 189 Å². The van der Waals surface area contributed by atoms with Crippen molar-refractivity contribution in [3.63, 3.8) is 0 Å². The van der Waals surface area contributed by atoms with E-state index in [4.69, 9.17) is 0 Å². The zero-order valence-corrected chi connectivity index (χ0v) is 18.3. The Balaban J connectivity index is 1.24. The number of aryl methyl sites for hydroxylation is 1. The van der Waals surface area contributed by atoms with Crippen molar-refractivity contribution in [1.29, 1.82) is 0 Å². The van der Waals surface area contributed by atoms with Gasteiger partial charge in [-0.1, -0.05) is 24.3 Å². The van der Waals surface area contributed by atoms with Crippen molar-refractivity contribution in [2.45, 2.75) is 17.7 Å². The fourth-order valence-corrected chi connectivity index (χ4v) is 5.23. The molecule has 2 aromatic carbocycles. The van der Waals surface area contributed by atoms with Crippen LogP contribution in [0.4, 0.5) is 10.8 Å². The number of aromatic nitrogens is 2. The predicted octanol–water partition coefficient (Wildman–Crippen LogP) is 5.92. The van der Waals surface area contributed by atoms with Crippen LogP contribution in [0, 0.1) is 0 Å². The van der Waals surface area contributed by atoms with E-state index in [9.17, 15) is 4.79 Å². The van der Waals surface area contributed by atoms with Gasteiger partial charge in [0.05, 0.1) is 11.4 Å². The van der Waals surface area contributed by atoms with Gasteiger partial charge in [0.1, 0.15) is 5.69 Å². The first-order valence-corrected chi connectivity index (χ1v) is 11.7. The third kappa shape index (κ3) is 4.47. The standard InChI is InChI=1S/C24H20N4OS2/c29-23(27-24-26-21(16-30-24)20-8-3-4-14-25-20)18-10-12-19(13-11-18)31-28-15-5-7-17-6-1-2-9-22(17)28/h1-4,6,8-14,16H,5,7,15H2,(H,26,27,29). The first kappa shape index (κ1) is 19.8. The smallest absolute Gasteiger partial charge is 0.257 e. The Kier molecular flexibility index (Phi) is 5.69. The topological polar surface area (TPSA) is 58.1 Å². The molecule has 2 aromatic heterocycles. The van der Waals surface area contributed by atoms with Gasteiger partial charge in [0.25, 0.3) is 5.91 Å². The molecule has 1 amide bonds. The molecule has 0 unspecified atom stereocenters. The van der Waals surface area contributed by atoms with Gasteiger partial charge in [-0.25, -0.2) is 4.98 Å². The highest BCUT2D eigenvalue weighted by Crippen LogP contribution is 2.35. The highest BCUT2D eigenvalue weighted by Gasteiger charge is 2.17. The Morgan fingerprint density at radius 1 is 1.00 bits per heavy atom. The lowest BCUT2D eigenvalue weighted by atomic mass is 10.0. The van der Waals surface area contributed by atoms with Crippen molar-refractivity contribution in [2.75, 3.05) is 16.2 Å². The van der Waals surface area contributed by atoms with E-state index >= 15 is 0 Å².